The molecular formula is C18H21N3O6S. The second kappa shape index (κ2) is 6.47. The number of imide groups is 1. The lowest BCUT2D eigenvalue weighted by molar-refractivity contribution is -0.139. The number of benzene rings is 1. The molecule has 0 aromatic heterocycles. The molecule has 9 nitrogen and oxygen atoms in total. The van der Waals surface area contributed by atoms with Gasteiger partial charge in [0.1, 0.15) is 12.3 Å². The van der Waals surface area contributed by atoms with E-state index in [1.54, 1.807) is 24.3 Å². The summed E-state index contributed by atoms with van der Waals surface area (Å²) >= 11 is 0. The van der Waals surface area contributed by atoms with Crippen LogP contribution in [0, 0.1) is 0 Å². The Bertz CT molecular complexity index is 962. The maximum absolute atomic E-state index is 13.2. The van der Waals surface area contributed by atoms with E-state index in [-0.39, 0.29) is 24.5 Å². The van der Waals surface area contributed by atoms with Gasteiger partial charge in [0.25, 0.3) is 5.91 Å². The number of sulfone groups is 1. The molecule has 150 valence electrons. The standard InChI is InChI=1S/C18H21N3O6S/c1-20(12-6-9-28(25,26)11-12)15(22)10-21-16(23)18(19-17(21)24)7-8-27-14-5-3-2-4-13(14)18/h2-5,12H,6-11H2,1H3,(H,19,24). The molecule has 2 saturated heterocycles. The number of carbonyl (C=O) groups is 3. The Morgan fingerprint density at radius 3 is 2.82 bits per heavy atom. The van der Waals surface area contributed by atoms with Crippen LogP contribution in [0.2, 0.25) is 0 Å². The summed E-state index contributed by atoms with van der Waals surface area (Å²) in [6.07, 6.45) is 0.634. The molecule has 3 heterocycles. The molecule has 0 radical (unpaired) electrons. The Balaban J connectivity index is 1.54. The minimum absolute atomic E-state index is 0.0400. The van der Waals surface area contributed by atoms with Gasteiger partial charge in [0.05, 0.1) is 18.1 Å². The van der Waals surface area contributed by atoms with Crippen LogP contribution in [0.5, 0.6) is 5.75 Å². The van der Waals surface area contributed by atoms with Crippen molar-refractivity contribution in [2.75, 3.05) is 31.7 Å². The topological polar surface area (TPSA) is 113 Å². The van der Waals surface area contributed by atoms with Gasteiger partial charge in [-0.3, -0.25) is 14.5 Å². The zero-order chi connectivity index (χ0) is 20.1. The average molecular weight is 407 g/mol. The third-order valence-corrected chi connectivity index (χ3v) is 7.45. The van der Waals surface area contributed by atoms with Crippen LogP contribution < -0.4 is 10.1 Å². The molecule has 3 aliphatic rings. The zero-order valence-corrected chi connectivity index (χ0v) is 16.2. The molecule has 0 saturated carbocycles. The van der Waals surface area contributed by atoms with E-state index in [0.29, 0.717) is 17.7 Å². The minimum atomic E-state index is -3.15. The van der Waals surface area contributed by atoms with Crippen molar-refractivity contribution in [1.82, 2.24) is 15.1 Å². The summed E-state index contributed by atoms with van der Waals surface area (Å²) in [6, 6.07) is 5.94. The van der Waals surface area contributed by atoms with Crippen molar-refractivity contribution in [3.63, 3.8) is 0 Å². The zero-order valence-electron chi connectivity index (χ0n) is 15.4. The Morgan fingerprint density at radius 2 is 2.11 bits per heavy atom. The maximum atomic E-state index is 13.2. The van der Waals surface area contributed by atoms with Crippen molar-refractivity contribution in [3.05, 3.63) is 29.8 Å². The normalized spacial score (nSPS) is 28.0. The van der Waals surface area contributed by atoms with Crippen molar-refractivity contribution < 1.29 is 27.5 Å². The highest BCUT2D eigenvalue weighted by Gasteiger charge is 2.55. The van der Waals surface area contributed by atoms with Crippen molar-refractivity contribution in [2.24, 2.45) is 0 Å². The van der Waals surface area contributed by atoms with Gasteiger partial charge in [0.2, 0.25) is 5.91 Å². The first kappa shape index (κ1) is 18.7. The Hall–Kier alpha value is -2.62. The lowest BCUT2D eigenvalue weighted by Crippen LogP contribution is -2.49. The van der Waals surface area contributed by atoms with Crippen molar-refractivity contribution in [1.29, 1.82) is 0 Å². The minimum Gasteiger partial charge on any atom is -0.493 e. The summed E-state index contributed by atoms with van der Waals surface area (Å²) in [4.78, 5) is 40.6. The molecule has 1 spiro atoms. The van der Waals surface area contributed by atoms with Crippen LogP contribution >= 0.6 is 0 Å². The quantitative estimate of drug-likeness (QED) is 0.698. The first-order valence-corrected chi connectivity index (χ1v) is 10.9. The molecule has 1 aromatic carbocycles. The van der Waals surface area contributed by atoms with E-state index in [0.717, 1.165) is 4.90 Å². The molecule has 4 amide bonds. The fourth-order valence-electron chi connectivity index (χ4n) is 4.05. The lowest BCUT2D eigenvalue weighted by atomic mass is 9.84. The number of rotatable bonds is 3. The molecule has 28 heavy (non-hydrogen) atoms. The maximum Gasteiger partial charge on any atom is 0.325 e. The number of nitrogens with one attached hydrogen (secondary N) is 1. The molecule has 4 rings (SSSR count). The van der Waals surface area contributed by atoms with E-state index in [1.807, 2.05) is 0 Å². The molecule has 2 fully saturated rings. The van der Waals surface area contributed by atoms with Crippen molar-refractivity contribution >= 4 is 27.7 Å². The summed E-state index contributed by atoms with van der Waals surface area (Å²) in [5, 5.41) is 2.74. The Kier molecular flexibility index (Phi) is 4.33. The molecule has 2 unspecified atom stereocenters. The molecule has 0 aliphatic carbocycles. The number of fused-ring (bicyclic) bond motifs is 2. The van der Waals surface area contributed by atoms with Gasteiger partial charge in [0.15, 0.2) is 15.4 Å². The molecule has 0 bridgehead atoms. The number of urea groups is 1. The van der Waals surface area contributed by atoms with E-state index >= 15 is 0 Å². The lowest BCUT2D eigenvalue weighted by Gasteiger charge is -2.33. The Labute approximate surface area is 162 Å². The fourth-order valence-corrected chi connectivity index (χ4v) is 5.82. The van der Waals surface area contributed by atoms with Crippen molar-refractivity contribution in [3.8, 4) is 5.75 Å². The van der Waals surface area contributed by atoms with Crippen LogP contribution in [0.4, 0.5) is 4.79 Å². The summed E-state index contributed by atoms with van der Waals surface area (Å²) in [5.41, 5.74) is -0.661. The highest BCUT2D eigenvalue weighted by atomic mass is 32.2. The number of amides is 4. The number of para-hydroxylation sites is 1. The van der Waals surface area contributed by atoms with E-state index in [1.165, 1.54) is 11.9 Å². The van der Waals surface area contributed by atoms with E-state index in [4.69, 9.17) is 4.74 Å². The molecule has 1 aromatic rings. The predicted octanol–water partition coefficient (Wildman–Crippen LogP) is -0.138. The molecule has 2 atom stereocenters. The van der Waals surface area contributed by atoms with E-state index in [2.05, 4.69) is 5.32 Å². The first-order valence-electron chi connectivity index (χ1n) is 9.06. The van der Waals surface area contributed by atoms with Crippen LogP contribution in [-0.4, -0.2) is 73.8 Å². The first-order chi connectivity index (χ1) is 13.2. The van der Waals surface area contributed by atoms with Gasteiger partial charge in [-0.15, -0.1) is 0 Å². The third kappa shape index (κ3) is 2.92. The molecule has 10 heteroatoms. The highest BCUT2D eigenvalue weighted by Crippen LogP contribution is 2.40. The SMILES string of the molecule is CN(C(=O)CN1C(=O)NC2(CCOc3ccccc32)C1=O)C1CCS(=O)(=O)C1. The molecular weight excluding hydrogens is 386 g/mol. The second-order valence-electron chi connectivity index (χ2n) is 7.38. The average Bonchev–Trinajstić information content (AvgIpc) is 3.14. The highest BCUT2D eigenvalue weighted by molar-refractivity contribution is 7.91. The van der Waals surface area contributed by atoms with Gasteiger partial charge < -0.3 is 15.0 Å². The molecule has 1 N–H and O–H groups in total. The van der Waals surface area contributed by atoms with Gasteiger partial charge in [-0.05, 0) is 12.5 Å². The van der Waals surface area contributed by atoms with E-state index < -0.39 is 45.8 Å². The summed E-state index contributed by atoms with van der Waals surface area (Å²) < 4.78 is 28.9. The van der Waals surface area contributed by atoms with E-state index in [9.17, 15) is 22.8 Å². The van der Waals surface area contributed by atoms with Crippen LogP contribution in [0.15, 0.2) is 24.3 Å². The fraction of sp³-hybridized carbons (Fsp3) is 0.500. The smallest absolute Gasteiger partial charge is 0.325 e. The van der Waals surface area contributed by atoms with Gasteiger partial charge in [0, 0.05) is 25.1 Å². The van der Waals surface area contributed by atoms with Crippen LogP contribution in [0.3, 0.4) is 0 Å². The largest absolute Gasteiger partial charge is 0.493 e. The number of hydrogen-bond acceptors (Lipinski definition) is 6. The number of nitrogens with zero attached hydrogens (tertiary/aromatic N) is 2. The second-order valence-corrected chi connectivity index (χ2v) is 9.61. The summed E-state index contributed by atoms with van der Waals surface area (Å²) in [7, 11) is -1.64. The molecule has 3 aliphatic heterocycles. The van der Waals surface area contributed by atoms with Crippen molar-refractivity contribution in [2.45, 2.75) is 24.4 Å². The number of hydrogen-bond donors (Lipinski definition) is 1. The Morgan fingerprint density at radius 1 is 1.36 bits per heavy atom. The third-order valence-electron chi connectivity index (χ3n) is 5.70. The van der Waals surface area contributed by atoms with Gasteiger partial charge in [-0.1, -0.05) is 18.2 Å². The van der Waals surface area contributed by atoms with Gasteiger partial charge >= 0.3 is 6.03 Å². The van der Waals surface area contributed by atoms with Gasteiger partial charge in [-0.25, -0.2) is 13.2 Å². The number of carbonyl (C=O) groups excluding carboxylic acids is 3. The summed E-state index contributed by atoms with van der Waals surface area (Å²) in [5.74, 6) is -0.483. The van der Waals surface area contributed by atoms with Crippen LogP contribution in [0.25, 0.3) is 0 Å². The van der Waals surface area contributed by atoms with Gasteiger partial charge in [-0.2, -0.15) is 0 Å². The number of ether oxygens (including phenoxy) is 1. The number of likely N-dealkylation sites (N-methyl/N-ethyl adjacent to an activating group) is 1. The monoisotopic (exact) mass is 407 g/mol. The predicted molar refractivity (Wildman–Crippen MR) is 98.3 cm³/mol. The van der Waals surface area contributed by atoms with Crippen LogP contribution in [0.1, 0.15) is 18.4 Å². The van der Waals surface area contributed by atoms with Crippen LogP contribution in [-0.2, 0) is 25.0 Å². The summed E-state index contributed by atoms with van der Waals surface area (Å²) in [6.45, 7) is -0.160.